The summed E-state index contributed by atoms with van der Waals surface area (Å²) in [7, 11) is 3.77. The number of likely N-dealkylation sites (N-methyl/N-ethyl adjacent to an activating group) is 1. The summed E-state index contributed by atoms with van der Waals surface area (Å²) in [6, 6.07) is 12.7. The second-order valence-corrected chi connectivity index (χ2v) is 8.81. The molecule has 4 rings (SSSR count). The molecule has 2 aromatic carbocycles. The Bertz CT molecular complexity index is 1320. The van der Waals surface area contributed by atoms with Gasteiger partial charge in [-0.25, -0.2) is 4.98 Å². The average Bonchev–Trinajstić information content (AvgIpc) is 2.93. The molecule has 1 aliphatic heterocycles. The third-order valence-corrected chi connectivity index (χ3v) is 6.19. The van der Waals surface area contributed by atoms with Crippen LogP contribution in [0.15, 0.2) is 55.1 Å². The van der Waals surface area contributed by atoms with E-state index in [-0.39, 0.29) is 23.3 Å². The van der Waals surface area contributed by atoms with Gasteiger partial charge in [0.15, 0.2) is 12.1 Å². The first-order valence-electron chi connectivity index (χ1n) is 12.4. The summed E-state index contributed by atoms with van der Waals surface area (Å²) >= 11 is 0. The van der Waals surface area contributed by atoms with Crippen molar-refractivity contribution in [3.8, 4) is 17.4 Å². The largest absolute Gasteiger partial charge is 0.495 e. The summed E-state index contributed by atoms with van der Waals surface area (Å²) in [6.07, 6.45) is 2.37. The molecule has 1 saturated heterocycles. The van der Waals surface area contributed by atoms with E-state index in [9.17, 15) is 9.59 Å². The molecule has 0 bridgehead atoms. The lowest BCUT2D eigenvalue weighted by Crippen LogP contribution is -2.44. The van der Waals surface area contributed by atoms with Crippen LogP contribution in [-0.2, 0) is 11.2 Å². The van der Waals surface area contributed by atoms with Crippen molar-refractivity contribution in [1.29, 1.82) is 0 Å². The van der Waals surface area contributed by atoms with E-state index in [0.29, 0.717) is 29.8 Å². The molecule has 0 aliphatic carbocycles. The van der Waals surface area contributed by atoms with Crippen LogP contribution in [-0.4, -0.2) is 67.4 Å². The monoisotopic (exact) mass is 516 g/mol. The minimum absolute atomic E-state index is 0.179. The number of benzene rings is 2. The zero-order chi connectivity index (χ0) is 27.1. The van der Waals surface area contributed by atoms with Crippen LogP contribution in [0.2, 0.25) is 0 Å². The van der Waals surface area contributed by atoms with Crippen molar-refractivity contribution in [2.45, 2.75) is 13.3 Å². The molecule has 0 atom stereocenters. The molecule has 0 spiro atoms. The van der Waals surface area contributed by atoms with Gasteiger partial charge < -0.3 is 29.9 Å². The molecule has 0 unspecified atom stereocenters. The van der Waals surface area contributed by atoms with Gasteiger partial charge in [0.05, 0.1) is 12.8 Å². The van der Waals surface area contributed by atoms with Gasteiger partial charge in [-0.2, -0.15) is 4.98 Å². The quantitative estimate of drug-likeness (QED) is 0.302. The highest BCUT2D eigenvalue weighted by atomic mass is 16.5. The molecule has 2 N–H and O–H groups in total. The molecule has 38 heavy (non-hydrogen) atoms. The smallest absolute Gasteiger partial charge is 0.247 e. The maximum atomic E-state index is 11.9. The summed E-state index contributed by atoms with van der Waals surface area (Å²) in [5, 5.41) is 5.94. The zero-order valence-electron chi connectivity index (χ0n) is 21.9. The number of nitrogens with zero attached hydrogens (tertiary/aromatic N) is 4. The number of hydrogen-bond acceptors (Lipinski definition) is 9. The van der Waals surface area contributed by atoms with Gasteiger partial charge in [0, 0.05) is 43.6 Å². The zero-order valence-corrected chi connectivity index (χ0v) is 21.9. The summed E-state index contributed by atoms with van der Waals surface area (Å²) in [6.45, 7) is 9.05. The van der Waals surface area contributed by atoms with Crippen LogP contribution in [0.3, 0.4) is 0 Å². The number of anilines is 4. The van der Waals surface area contributed by atoms with Crippen LogP contribution in [0.25, 0.3) is 0 Å². The molecule has 1 aliphatic rings. The van der Waals surface area contributed by atoms with Crippen LogP contribution < -0.4 is 25.0 Å². The van der Waals surface area contributed by atoms with E-state index in [1.54, 1.807) is 31.4 Å². The van der Waals surface area contributed by atoms with Crippen LogP contribution >= 0.6 is 0 Å². The highest BCUT2D eigenvalue weighted by Crippen LogP contribution is 2.34. The number of hydrogen-bond donors (Lipinski definition) is 2. The second-order valence-electron chi connectivity index (χ2n) is 8.81. The molecule has 0 radical (unpaired) electrons. The van der Waals surface area contributed by atoms with E-state index >= 15 is 0 Å². The van der Waals surface area contributed by atoms with E-state index in [0.717, 1.165) is 43.3 Å². The standard InChI is InChI=1S/C28H32N6O4/c1-5-22-28(38-21-9-7-8-19(16-21)29-26(36)6-2)32-27(23(18-35)31-22)30-20-10-11-25(37-4)24(17-20)34-14-12-33(3)13-15-34/h6-11,16-18H,2,5,12-15H2,1,3-4H3,(H,29,36)(H,30,32). The number of aryl methyl sites for hydroxylation is 1. The van der Waals surface area contributed by atoms with E-state index < -0.39 is 0 Å². The Morgan fingerprint density at radius 3 is 2.58 bits per heavy atom. The van der Waals surface area contributed by atoms with Crippen molar-refractivity contribution in [3.63, 3.8) is 0 Å². The van der Waals surface area contributed by atoms with Crippen molar-refractivity contribution >= 4 is 35.1 Å². The van der Waals surface area contributed by atoms with Gasteiger partial charge in [-0.3, -0.25) is 9.59 Å². The molecule has 10 heteroatoms. The third-order valence-electron chi connectivity index (χ3n) is 6.19. The normalized spacial score (nSPS) is 13.5. The SMILES string of the molecule is C=CC(=O)Nc1cccc(Oc2nc(Nc3ccc(OC)c(N4CCN(C)CC4)c3)c(C=O)nc2CC)c1. The molecule has 0 saturated carbocycles. The number of ether oxygens (including phenoxy) is 2. The maximum absolute atomic E-state index is 11.9. The number of nitrogens with one attached hydrogen (secondary N) is 2. The van der Waals surface area contributed by atoms with Gasteiger partial charge in [0.2, 0.25) is 11.8 Å². The number of amides is 1. The summed E-state index contributed by atoms with van der Waals surface area (Å²) < 4.78 is 11.7. The maximum Gasteiger partial charge on any atom is 0.247 e. The molecule has 198 valence electrons. The Hall–Kier alpha value is -4.44. The van der Waals surface area contributed by atoms with Crippen molar-refractivity contribution in [3.05, 3.63) is 66.5 Å². The number of piperazine rings is 1. The predicted octanol–water partition coefficient (Wildman–Crippen LogP) is 4.27. The molecular weight excluding hydrogens is 484 g/mol. The molecule has 1 fully saturated rings. The predicted molar refractivity (Wildman–Crippen MR) is 148 cm³/mol. The van der Waals surface area contributed by atoms with Crippen LogP contribution in [0, 0.1) is 0 Å². The summed E-state index contributed by atoms with van der Waals surface area (Å²) in [5.74, 6) is 1.45. The number of aldehydes is 1. The van der Waals surface area contributed by atoms with Crippen molar-refractivity contribution in [2.75, 3.05) is 55.9 Å². The van der Waals surface area contributed by atoms with Crippen molar-refractivity contribution in [1.82, 2.24) is 14.9 Å². The average molecular weight is 517 g/mol. The van der Waals surface area contributed by atoms with E-state index in [2.05, 4.69) is 44.0 Å². The fourth-order valence-electron chi connectivity index (χ4n) is 4.10. The van der Waals surface area contributed by atoms with Gasteiger partial charge in [0.25, 0.3) is 0 Å². The Kier molecular flexibility index (Phi) is 8.55. The molecule has 1 aromatic heterocycles. The van der Waals surface area contributed by atoms with Crippen molar-refractivity contribution < 1.29 is 19.1 Å². The Morgan fingerprint density at radius 2 is 1.89 bits per heavy atom. The van der Waals surface area contributed by atoms with E-state index in [1.807, 2.05) is 25.1 Å². The number of aromatic nitrogens is 2. The third kappa shape index (κ3) is 6.27. The van der Waals surface area contributed by atoms with Gasteiger partial charge in [-0.05, 0) is 49.9 Å². The Balaban J connectivity index is 1.63. The number of rotatable bonds is 10. The Labute approximate surface area is 222 Å². The molecule has 10 nitrogen and oxygen atoms in total. The highest BCUT2D eigenvalue weighted by Gasteiger charge is 2.20. The minimum Gasteiger partial charge on any atom is -0.495 e. The molecule has 1 amide bonds. The molecular formula is C28H32N6O4. The summed E-state index contributed by atoms with van der Waals surface area (Å²) in [4.78, 5) is 37.3. The van der Waals surface area contributed by atoms with Gasteiger partial charge in [-0.15, -0.1) is 0 Å². The number of carbonyl (C=O) groups excluding carboxylic acids is 2. The van der Waals surface area contributed by atoms with Gasteiger partial charge in [0.1, 0.15) is 22.9 Å². The highest BCUT2D eigenvalue weighted by molar-refractivity contribution is 5.98. The lowest BCUT2D eigenvalue weighted by molar-refractivity contribution is -0.111. The fraction of sp³-hybridized carbons (Fsp3) is 0.286. The van der Waals surface area contributed by atoms with Crippen LogP contribution in [0.5, 0.6) is 17.4 Å². The second kappa shape index (κ2) is 12.2. The lowest BCUT2D eigenvalue weighted by Gasteiger charge is -2.35. The van der Waals surface area contributed by atoms with Crippen LogP contribution in [0.1, 0.15) is 23.1 Å². The lowest BCUT2D eigenvalue weighted by atomic mass is 10.2. The number of methoxy groups -OCH3 is 1. The van der Waals surface area contributed by atoms with E-state index in [1.165, 1.54) is 6.08 Å². The van der Waals surface area contributed by atoms with Gasteiger partial charge >= 0.3 is 0 Å². The Morgan fingerprint density at radius 1 is 1.11 bits per heavy atom. The first kappa shape index (κ1) is 26.6. The molecule has 2 heterocycles. The first-order valence-corrected chi connectivity index (χ1v) is 12.4. The minimum atomic E-state index is -0.326. The van der Waals surface area contributed by atoms with E-state index in [4.69, 9.17) is 9.47 Å². The van der Waals surface area contributed by atoms with Crippen LogP contribution in [0.4, 0.5) is 22.9 Å². The molecule has 3 aromatic rings. The van der Waals surface area contributed by atoms with Crippen molar-refractivity contribution in [2.24, 2.45) is 0 Å². The summed E-state index contributed by atoms with van der Waals surface area (Å²) in [5.41, 5.74) is 2.97. The fourth-order valence-corrected chi connectivity index (χ4v) is 4.10. The first-order chi connectivity index (χ1) is 18.4. The number of carbonyl (C=O) groups is 2. The topological polar surface area (TPSA) is 109 Å². The van der Waals surface area contributed by atoms with Gasteiger partial charge in [-0.1, -0.05) is 19.6 Å².